The lowest BCUT2D eigenvalue weighted by atomic mass is 10.1. The van der Waals surface area contributed by atoms with Crippen LogP contribution in [0.2, 0.25) is 0 Å². The van der Waals surface area contributed by atoms with Gasteiger partial charge in [0.05, 0.1) is 6.67 Å². The Hall–Kier alpha value is -1.02. The Morgan fingerprint density at radius 1 is 1.07 bits per heavy atom. The van der Waals surface area contributed by atoms with E-state index >= 15 is 0 Å². The molecule has 2 N–H and O–H groups in total. The summed E-state index contributed by atoms with van der Waals surface area (Å²) in [5.41, 5.74) is 9.62. The number of anilines is 1. The van der Waals surface area contributed by atoms with Gasteiger partial charge in [-0.1, -0.05) is 19.9 Å². The van der Waals surface area contributed by atoms with Crippen LogP contribution in [0.4, 0.5) is 5.69 Å². The Balaban J connectivity index is 3.04. The van der Waals surface area contributed by atoms with Crippen LogP contribution < -0.4 is 10.6 Å². The van der Waals surface area contributed by atoms with Gasteiger partial charge in [-0.05, 0) is 36.1 Å². The van der Waals surface area contributed by atoms with Gasteiger partial charge in [0, 0.05) is 12.7 Å². The molecule has 0 atom stereocenters. The van der Waals surface area contributed by atoms with Crippen LogP contribution in [0.1, 0.15) is 25.0 Å². The number of nitrogens with zero attached hydrogens (tertiary/aromatic N) is 1. The molecule has 1 aromatic rings. The predicted octanol–water partition coefficient (Wildman–Crippen LogP) is 2.16. The van der Waals surface area contributed by atoms with E-state index < -0.39 is 0 Å². The zero-order chi connectivity index (χ0) is 10.6. The van der Waals surface area contributed by atoms with E-state index in [9.17, 15) is 0 Å². The van der Waals surface area contributed by atoms with E-state index in [0.717, 1.165) is 12.8 Å². The largest absolute Gasteiger partial charge is 0.362 e. The van der Waals surface area contributed by atoms with Crippen molar-refractivity contribution in [2.45, 2.75) is 26.7 Å². The quantitative estimate of drug-likeness (QED) is 0.741. The van der Waals surface area contributed by atoms with Gasteiger partial charge >= 0.3 is 0 Å². The molecule has 0 saturated carbocycles. The fourth-order valence-electron chi connectivity index (χ4n) is 1.48. The molecule has 0 aromatic heterocycles. The summed E-state index contributed by atoms with van der Waals surface area (Å²) in [6.07, 6.45) is 2.17. The van der Waals surface area contributed by atoms with Gasteiger partial charge in [0.1, 0.15) is 0 Å². The smallest absolute Gasteiger partial charge is 0.0653 e. The van der Waals surface area contributed by atoms with E-state index in [0.29, 0.717) is 6.67 Å². The van der Waals surface area contributed by atoms with Crippen LogP contribution in [0.3, 0.4) is 0 Å². The maximum absolute atomic E-state index is 5.61. The summed E-state index contributed by atoms with van der Waals surface area (Å²) in [4.78, 5) is 2.07. The highest BCUT2D eigenvalue weighted by molar-refractivity contribution is 5.50. The van der Waals surface area contributed by atoms with Crippen LogP contribution in [0.25, 0.3) is 0 Å². The standard InChI is InChI=1S/C12H20N2/c1-4-10-6-11(5-2)8-12(7-10)14(3)9-13/h6-8H,4-5,9,13H2,1-3H3. The van der Waals surface area contributed by atoms with Crippen molar-refractivity contribution >= 4 is 5.69 Å². The van der Waals surface area contributed by atoms with Crippen molar-refractivity contribution in [3.63, 3.8) is 0 Å². The van der Waals surface area contributed by atoms with Gasteiger partial charge in [0.15, 0.2) is 0 Å². The fraction of sp³-hybridized carbons (Fsp3) is 0.500. The predicted molar refractivity (Wildman–Crippen MR) is 62.7 cm³/mol. The topological polar surface area (TPSA) is 29.3 Å². The molecule has 1 rings (SSSR count). The van der Waals surface area contributed by atoms with E-state index in [1.54, 1.807) is 0 Å². The van der Waals surface area contributed by atoms with Crippen LogP contribution in [-0.2, 0) is 12.8 Å². The molecule has 14 heavy (non-hydrogen) atoms. The summed E-state index contributed by atoms with van der Waals surface area (Å²) in [6.45, 7) is 4.93. The Morgan fingerprint density at radius 2 is 1.57 bits per heavy atom. The molecule has 2 nitrogen and oxygen atoms in total. The fourth-order valence-corrected chi connectivity index (χ4v) is 1.48. The van der Waals surface area contributed by atoms with Crippen molar-refractivity contribution in [1.82, 2.24) is 0 Å². The van der Waals surface area contributed by atoms with Gasteiger partial charge in [-0.15, -0.1) is 0 Å². The van der Waals surface area contributed by atoms with Crippen LogP contribution in [0.5, 0.6) is 0 Å². The van der Waals surface area contributed by atoms with Gasteiger partial charge in [0.2, 0.25) is 0 Å². The van der Waals surface area contributed by atoms with Gasteiger partial charge in [-0.2, -0.15) is 0 Å². The van der Waals surface area contributed by atoms with E-state index in [2.05, 4.69) is 36.9 Å². The first-order valence-electron chi connectivity index (χ1n) is 5.25. The van der Waals surface area contributed by atoms with Gasteiger partial charge < -0.3 is 10.6 Å². The normalized spacial score (nSPS) is 10.3. The average Bonchev–Trinajstić information content (AvgIpc) is 2.27. The number of hydrogen-bond acceptors (Lipinski definition) is 2. The molecule has 0 aliphatic heterocycles. The molecule has 1 aromatic carbocycles. The minimum Gasteiger partial charge on any atom is -0.362 e. The molecule has 0 aliphatic rings. The third-order valence-electron chi connectivity index (χ3n) is 2.57. The summed E-state index contributed by atoms with van der Waals surface area (Å²) in [7, 11) is 2.02. The molecule has 78 valence electrons. The van der Waals surface area contributed by atoms with E-state index in [1.165, 1.54) is 16.8 Å². The van der Waals surface area contributed by atoms with Crippen molar-refractivity contribution < 1.29 is 0 Å². The van der Waals surface area contributed by atoms with Crippen molar-refractivity contribution in [1.29, 1.82) is 0 Å². The van der Waals surface area contributed by atoms with Crippen molar-refractivity contribution in [2.75, 3.05) is 18.6 Å². The van der Waals surface area contributed by atoms with Crippen molar-refractivity contribution in [3.8, 4) is 0 Å². The van der Waals surface area contributed by atoms with Gasteiger partial charge in [0.25, 0.3) is 0 Å². The molecule has 2 heteroatoms. The maximum atomic E-state index is 5.61. The average molecular weight is 192 g/mol. The lowest BCUT2D eigenvalue weighted by Crippen LogP contribution is -2.25. The summed E-state index contributed by atoms with van der Waals surface area (Å²) in [6, 6.07) is 6.70. The molecule has 0 saturated heterocycles. The van der Waals surface area contributed by atoms with Crippen molar-refractivity contribution in [3.05, 3.63) is 29.3 Å². The van der Waals surface area contributed by atoms with Crippen LogP contribution >= 0.6 is 0 Å². The molecule has 0 fully saturated rings. The zero-order valence-corrected chi connectivity index (χ0v) is 9.38. The highest BCUT2D eigenvalue weighted by atomic mass is 15.1. The lowest BCUT2D eigenvalue weighted by molar-refractivity contribution is 0.926. The third kappa shape index (κ3) is 2.48. The molecular formula is C12H20N2. The number of rotatable bonds is 4. The second-order valence-electron chi connectivity index (χ2n) is 3.60. The van der Waals surface area contributed by atoms with E-state index in [1.807, 2.05) is 7.05 Å². The van der Waals surface area contributed by atoms with E-state index in [-0.39, 0.29) is 0 Å². The molecule has 0 heterocycles. The molecule has 0 bridgehead atoms. The molecule has 0 spiro atoms. The Morgan fingerprint density at radius 3 is 1.93 bits per heavy atom. The second kappa shape index (κ2) is 5.01. The van der Waals surface area contributed by atoms with Crippen LogP contribution in [-0.4, -0.2) is 13.7 Å². The number of hydrogen-bond donors (Lipinski definition) is 1. The Kier molecular flexibility index (Phi) is 3.96. The third-order valence-corrected chi connectivity index (χ3v) is 2.57. The monoisotopic (exact) mass is 192 g/mol. The number of nitrogens with two attached hydrogens (primary N) is 1. The van der Waals surface area contributed by atoms with E-state index in [4.69, 9.17) is 5.73 Å². The minimum atomic E-state index is 0.566. The maximum Gasteiger partial charge on any atom is 0.0653 e. The molecule has 0 aliphatic carbocycles. The number of benzene rings is 1. The highest BCUT2D eigenvalue weighted by Gasteiger charge is 2.02. The Labute approximate surface area is 86.7 Å². The second-order valence-corrected chi connectivity index (χ2v) is 3.60. The summed E-state index contributed by atoms with van der Waals surface area (Å²) >= 11 is 0. The molecule has 0 amide bonds. The summed E-state index contributed by atoms with van der Waals surface area (Å²) in [5, 5.41) is 0. The first kappa shape index (κ1) is 11.1. The van der Waals surface area contributed by atoms with Crippen LogP contribution in [0.15, 0.2) is 18.2 Å². The summed E-state index contributed by atoms with van der Waals surface area (Å²) in [5.74, 6) is 0. The number of aryl methyl sites for hydroxylation is 2. The van der Waals surface area contributed by atoms with Gasteiger partial charge in [-0.25, -0.2) is 0 Å². The molecule has 0 unspecified atom stereocenters. The highest BCUT2D eigenvalue weighted by Crippen LogP contribution is 2.18. The zero-order valence-electron chi connectivity index (χ0n) is 9.38. The Bertz CT molecular complexity index is 272. The first-order chi connectivity index (χ1) is 6.71. The van der Waals surface area contributed by atoms with Gasteiger partial charge in [-0.3, -0.25) is 0 Å². The molecular weight excluding hydrogens is 172 g/mol. The van der Waals surface area contributed by atoms with Crippen molar-refractivity contribution in [2.24, 2.45) is 5.73 Å². The summed E-state index contributed by atoms with van der Waals surface area (Å²) < 4.78 is 0. The SMILES string of the molecule is CCc1cc(CC)cc(N(C)CN)c1. The minimum absolute atomic E-state index is 0.566. The molecule has 0 radical (unpaired) electrons. The first-order valence-corrected chi connectivity index (χ1v) is 5.25. The van der Waals surface area contributed by atoms with Crippen LogP contribution in [0, 0.1) is 0 Å². The lowest BCUT2D eigenvalue weighted by Gasteiger charge is -2.18.